The molecule has 3 aromatic rings. The predicted octanol–water partition coefficient (Wildman–Crippen LogP) is 3.44. The van der Waals surface area contributed by atoms with Crippen molar-refractivity contribution in [2.75, 3.05) is 25.5 Å². The minimum Gasteiger partial charge on any atom is -0.367 e. The quantitative estimate of drug-likeness (QED) is 0.652. The maximum absolute atomic E-state index is 12.8. The van der Waals surface area contributed by atoms with Gasteiger partial charge in [-0.2, -0.15) is 5.10 Å². The number of carbonyl (C=O) groups excluding carboxylic acids is 1. The molecule has 156 valence electrons. The number of amides is 1. The van der Waals surface area contributed by atoms with E-state index in [4.69, 9.17) is 4.74 Å². The van der Waals surface area contributed by atoms with Crippen LogP contribution in [0.5, 0.6) is 0 Å². The lowest BCUT2D eigenvalue weighted by molar-refractivity contribution is -0.126. The van der Waals surface area contributed by atoms with Crippen LogP contribution in [0.15, 0.2) is 67.1 Å². The fraction of sp³-hybridized carbons (Fsp3) is 0.348. The number of hydrogen-bond donors (Lipinski definition) is 1. The molecular formula is C23H27N5O2. The Morgan fingerprint density at radius 3 is 2.63 bits per heavy atom. The summed E-state index contributed by atoms with van der Waals surface area (Å²) in [7, 11) is 1.55. The fourth-order valence-electron chi connectivity index (χ4n) is 3.99. The number of nitrogens with zero attached hydrogens (tertiary/aromatic N) is 4. The van der Waals surface area contributed by atoms with Gasteiger partial charge in [-0.3, -0.25) is 14.7 Å². The van der Waals surface area contributed by atoms with Crippen LogP contribution >= 0.6 is 0 Å². The molecule has 2 aromatic heterocycles. The molecule has 30 heavy (non-hydrogen) atoms. The van der Waals surface area contributed by atoms with Crippen molar-refractivity contribution in [2.45, 2.75) is 31.5 Å². The summed E-state index contributed by atoms with van der Waals surface area (Å²) in [6.45, 7) is 2.88. The van der Waals surface area contributed by atoms with E-state index in [1.165, 1.54) is 5.56 Å². The van der Waals surface area contributed by atoms with Crippen molar-refractivity contribution < 1.29 is 9.53 Å². The molecule has 1 unspecified atom stereocenters. The molecule has 0 spiro atoms. The van der Waals surface area contributed by atoms with Crippen molar-refractivity contribution in [2.24, 2.45) is 0 Å². The summed E-state index contributed by atoms with van der Waals surface area (Å²) < 4.78 is 7.39. The van der Waals surface area contributed by atoms with Gasteiger partial charge < -0.3 is 10.1 Å². The van der Waals surface area contributed by atoms with Crippen LogP contribution in [0.25, 0.3) is 0 Å². The van der Waals surface area contributed by atoms with Crippen molar-refractivity contribution in [1.82, 2.24) is 19.7 Å². The zero-order valence-electron chi connectivity index (χ0n) is 17.1. The highest BCUT2D eigenvalue weighted by Crippen LogP contribution is 2.27. The van der Waals surface area contributed by atoms with E-state index in [0.717, 1.165) is 38.0 Å². The van der Waals surface area contributed by atoms with E-state index in [1.54, 1.807) is 19.5 Å². The molecule has 7 nitrogen and oxygen atoms in total. The largest absolute Gasteiger partial charge is 0.367 e. The van der Waals surface area contributed by atoms with Crippen molar-refractivity contribution in [3.8, 4) is 0 Å². The molecule has 1 aromatic carbocycles. The number of nitrogens with one attached hydrogen (secondary N) is 1. The molecule has 1 aliphatic rings. The highest BCUT2D eigenvalue weighted by Gasteiger charge is 2.25. The summed E-state index contributed by atoms with van der Waals surface area (Å²) in [6.07, 6.45) is 6.77. The van der Waals surface area contributed by atoms with Gasteiger partial charge in [-0.05, 0) is 30.0 Å². The Hall–Kier alpha value is -3.03. The third kappa shape index (κ3) is 4.75. The first-order valence-electron chi connectivity index (χ1n) is 10.3. The Balaban J connectivity index is 1.37. The maximum atomic E-state index is 12.8. The van der Waals surface area contributed by atoms with Gasteiger partial charge in [-0.25, -0.2) is 4.68 Å². The van der Waals surface area contributed by atoms with Crippen LogP contribution in [-0.2, 0) is 16.1 Å². The number of aromatic nitrogens is 3. The van der Waals surface area contributed by atoms with Crippen LogP contribution in [0, 0.1) is 0 Å². The van der Waals surface area contributed by atoms with Gasteiger partial charge in [0.15, 0.2) is 6.10 Å². The Morgan fingerprint density at radius 2 is 1.93 bits per heavy atom. The van der Waals surface area contributed by atoms with Gasteiger partial charge >= 0.3 is 0 Å². The van der Waals surface area contributed by atoms with Crippen molar-refractivity contribution in [3.63, 3.8) is 0 Å². The lowest BCUT2D eigenvalue weighted by Crippen LogP contribution is -2.35. The predicted molar refractivity (Wildman–Crippen MR) is 115 cm³/mol. The standard InChI is InChI=1S/C23H27N5O2/c1-30-22(19-7-3-2-4-8-19)23(29)26-21-9-13-25-28(21)20-10-14-27(15-11-20)17-18-6-5-12-24-16-18/h2-9,12-13,16,20,22H,10-11,14-15,17H2,1H3,(H,26,29). The Kier molecular flexibility index (Phi) is 6.51. The molecule has 4 rings (SSSR count). The summed E-state index contributed by atoms with van der Waals surface area (Å²) in [6, 6.07) is 15.7. The van der Waals surface area contributed by atoms with Gasteiger partial charge in [-0.1, -0.05) is 36.4 Å². The average Bonchev–Trinajstić information content (AvgIpc) is 3.24. The number of anilines is 1. The molecule has 0 aliphatic carbocycles. The molecule has 1 fully saturated rings. The summed E-state index contributed by atoms with van der Waals surface area (Å²) in [5.41, 5.74) is 2.06. The maximum Gasteiger partial charge on any atom is 0.259 e. The number of benzene rings is 1. The SMILES string of the molecule is COC(C(=O)Nc1ccnn1C1CCN(Cc2cccnc2)CC1)c1ccccc1. The number of carbonyl (C=O) groups is 1. The van der Waals surface area contributed by atoms with Crippen molar-refractivity contribution >= 4 is 11.7 Å². The van der Waals surface area contributed by atoms with E-state index >= 15 is 0 Å². The van der Waals surface area contributed by atoms with E-state index in [2.05, 4.69) is 26.4 Å². The van der Waals surface area contributed by atoms with Gasteiger partial charge in [-0.15, -0.1) is 0 Å². The normalized spacial score (nSPS) is 16.3. The first-order chi connectivity index (χ1) is 14.7. The van der Waals surface area contributed by atoms with Gasteiger partial charge in [0.05, 0.1) is 12.2 Å². The second kappa shape index (κ2) is 9.65. The summed E-state index contributed by atoms with van der Waals surface area (Å²) >= 11 is 0. The molecule has 3 heterocycles. The molecule has 1 amide bonds. The number of pyridine rings is 1. The first kappa shape index (κ1) is 20.3. The second-order valence-corrected chi connectivity index (χ2v) is 7.55. The molecule has 1 aliphatic heterocycles. The van der Waals surface area contributed by atoms with E-state index < -0.39 is 6.10 Å². The van der Waals surface area contributed by atoms with Crippen LogP contribution in [0.4, 0.5) is 5.82 Å². The minimum atomic E-state index is -0.657. The van der Waals surface area contributed by atoms with Gasteiger partial charge in [0.25, 0.3) is 5.91 Å². The molecule has 0 radical (unpaired) electrons. The number of piperidine rings is 1. The van der Waals surface area contributed by atoms with Crippen molar-refractivity contribution in [3.05, 3.63) is 78.2 Å². The molecule has 0 saturated carbocycles. The van der Waals surface area contributed by atoms with Gasteiger partial charge in [0, 0.05) is 45.2 Å². The second-order valence-electron chi connectivity index (χ2n) is 7.55. The minimum absolute atomic E-state index is 0.195. The van der Waals surface area contributed by atoms with Crippen molar-refractivity contribution in [1.29, 1.82) is 0 Å². The number of ether oxygens (including phenoxy) is 1. The number of likely N-dealkylation sites (tertiary alicyclic amines) is 1. The molecule has 7 heteroatoms. The van der Waals surface area contributed by atoms with E-state index in [0.29, 0.717) is 5.82 Å². The smallest absolute Gasteiger partial charge is 0.259 e. The summed E-state index contributed by atoms with van der Waals surface area (Å²) in [5.74, 6) is 0.517. The highest BCUT2D eigenvalue weighted by molar-refractivity contribution is 5.94. The lowest BCUT2D eigenvalue weighted by atomic mass is 10.0. The number of rotatable bonds is 7. The van der Waals surface area contributed by atoms with E-state index in [-0.39, 0.29) is 11.9 Å². The van der Waals surface area contributed by atoms with Crippen LogP contribution in [0.3, 0.4) is 0 Å². The topological polar surface area (TPSA) is 72.3 Å². The van der Waals surface area contributed by atoms with E-state index in [9.17, 15) is 4.79 Å². The molecule has 1 saturated heterocycles. The van der Waals surface area contributed by atoms with Gasteiger partial charge in [0.2, 0.25) is 0 Å². The van der Waals surface area contributed by atoms with E-state index in [1.807, 2.05) is 53.3 Å². The average molecular weight is 406 g/mol. The highest BCUT2D eigenvalue weighted by atomic mass is 16.5. The Labute approximate surface area is 176 Å². The van der Waals surface area contributed by atoms with Crippen LogP contribution in [0.1, 0.15) is 36.1 Å². The Bertz CT molecular complexity index is 936. The van der Waals surface area contributed by atoms with Crippen LogP contribution in [-0.4, -0.2) is 45.8 Å². The first-order valence-corrected chi connectivity index (χ1v) is 10.3. The fourth-order valence-corrected chi connectivity index (χ4v) is 3.99. The third-order valence-electron chi connectivity index (χ3n) is 5.53. The molecular weight excluding hydrogens is 378 g/mol. The summed E-state index contributed by atoms with van der Waals surface area (Å²) in [4.78, 5) is 19.5. The number of hydrogen-bond acceptors (Lipinski definition) is 5. The molecule has 1 atom stereocenters. The summed E-state index contributed by atoms with van der Waals surface area (Å²) in [5, 5.41) is 7.50. The van der Waals surface area contributed by atoms with Crippen LogP contribution in [0.2, 0.25) is 0 Å². The number of methoxy groups -OCH3 is 1. The monoisotopic (exact) mass is 405 g/mol. The van der Waals surface area contributed by atoms with Gasteiger partial charge in [0.1, 0.15) is 5.82 Å². The third-order valence-corrected chi connectivity index (χ3v) is 5.53. The lowest BCUT2D eigenvalue weighted by Gasteiger charge is -2.32. The Morgan fingerprint density at radius 1 is 1.13 bits per heavy atom. The van der Waals surface area contributed by atoms with Crippen LogP contribution < -0.4 is 5.32 Å². The molecule has 0 bridgehead atoms. The zero-order chi connectivity index (χ0) is 20.8. The molecule has 1 N–H and O–H groups in total. The zero-order valence-corrected chi connectivity index (χ0v) is 17.1.